The van der Waals surface area contributed by atoms with Crippen molar-refractivity contribution in [1.29, 1.82) is 0 Å². The van der Waals surface area contributed by atoms with E-state index in [1.807, 2.05) is 6.92 Å². The average Bonchev–Trinajstić information content (AvgIpc) is 2.41. The zero-order chi connectivity index (χ0) is 13.1. The second-order valence-corrected chi connectivity index (χ2v) is 6.35. The molecule has 1 unspecified atom stereocenters. The Hall–Kier alpha value is -0.480. The van der Waals surface area contributed by atoms with E-state index in [1.165, 1.54) is 12.2 Å². The third-order valence-corrected chi connectivity index (χ3v) is 5.06. The molecule has 1 aliphatic rings. The van der Waals surface area contributed by atoms with Crippen molar-refractivity contribution < 1.29 is 0 Å². The number of thioether (sulfide) groups is 1. The molecule has 0 saturated carbocycles. The largest absolute Gasteiger partial charge is 0.354 e. The van der Waals surface area contributed by atoms with Gasteiger partial charge in [-0.25, -0.2) is 9.97 Å². The maximum atomic E-state index is 6.20. The van der Waals surface area contributed by atoms with E-state index < -0.39 is 0 Å². The molecule has 1 aromatic rings. The molecular weight excluding hydrogens is 266 g/mol. The summed E-state index contributed by atoms with van der Waals surface area (Å²) in [6, 6.07) is 0. The molecular formula is C13H20ClN3S. The highest BCUT2D eigenvalue weighted by atomic mass is 35.5. The molecule has 1 aromatic heterocycles. The lowest BCUT2D eigenvalue weighted by molar-refractivity contribution is 0.712. The van der Waals surface area contributed by atoms with E-state index in [-0.39, 0.29) is 0 Å². The van der Waals surface area contributed by atoms with Gasteiger partial charge in [-0.3, -0.25) is 0 Å². The fourth-order valence-corrected chi connectivity index (χ4v) is 3.51. The lowest BCUT2D eigenvalue weighted by Crippen LogP contribution is -2.38. The summed E-state index contributed by atoms with van der Waals surface area (Å²) in [4.78, 5) is 11.3. The Morgan fingerprint density at radius 2 is 2.17 bits per heavy atom. The minimum absolute atomic E-state index is 0.600. The first-order chi connectivity index (χ1) is 8.65. The first-order valence-corrected chi connectivity index (χ1v) is 7.97. The fourth-order valence-electron chi connectivity index (χ4n) is 2.15. The molecule has 0 radical (unpaired) electrons. The van der Waals surface area contributed by atoms with Crippen molar-refractivity contribution in [3.8, 4) is 0 Å². The van der Waals surface area contributed by atoms with E-state index >= 15 is 0 Å². The van der Waals surface area contributed by atoms with Gasteiger partial charge in [0.2, 0.25) is 0 Å². The number of rotatable bonds is 3. The van der Waals surface area contributed by atoms with Crippen LogP contribution in [-0.4, -0.2) is 34.1 Å². The van der Waals surface area contributed by atoms with Gasteiger partial charge in [-0.05, 0) is 13.3 Å². The number of anilines is 1. The van der Waals surface area contributed by atoms with Crippen LogP contribution in [0.5, 0.6) is 0 Å². The molecule has 18 heavy (non-hydrogen) atoms. The Labute approximate surface area is 118 Å². The van der Waals surface area contributed by atoms with Crippen LogP contribution in [0.2, 0.25) is 5.15 Å². The molecule has 1 aliphatic heterocycles. The first-order valence-electron chi connectivity index (χ1n) is 6.55. The summed E-state index contributed by atoms with van der Waals surface area (Å²) in [5.41, 5.74) is 1.01. The minimum atomic E-state index is 0.600. The minimum Gasteiger partial charge on any atom is -0.354 e. The third kappa shape index (κ3) is 2.91. The smallest absolute Gasteiger partial charge is 0.137 e. The maximum absolute atomic E-state index is 6.20. The predicted molar refractivity (Wildman–Crippen MR) is 79.9 cm³/mol. The molecule has 1 saturated heterocycles. The molecule has 1 fully saturated rings. The molecule has 100 valence electrons. The number of hydrogen-bond acceptors (Lipinski definition) is 4. The van der Waals surface area contributed by atoms with Gasteiger partial charge in [0, 0.05) is 36.1 Å². The summed E-state index contributed by atoms with van der Waals surface area (Å²) >= 11 is 8.27. The summed E-state index contributed by atoms with van der Waals surface area (Å²) in [5, 5.41) is 1.31. The van der Waals surface area contributed by atoms with E-state index in [2.05, 4.69) is 40.5 Å². The van der Waals surface area contributed by atoms with Crippen molar-refractivity contribution in [1.82, 2.24) is 9.97 Å². The highest BCUT2D eigenvalue weighted by Gasteiger charge is 2.22. The molecule has 0 aromatic carbocycles. The van der Waals surface area contributed by atoms with Crippen LogP contribution in [0.3, 0.4) is 0 Å². The van der Waals surface area contributed by atoms with Crippen molar-refractivity contribution in [3.63, 3.8) is 0 Å². The first kappa shape index (κ1) is 13.9. The van der Waals surface area contributed by atoms with E-state index in [4.69, 9.17) is 11.6 Å². The van der Waals surface area contributed by atoms with Crippen LogP contribution in [0.25, 0.3) is 0 Å². The maximum Gasteiger partial charge on any atom is 0.137 e. The van der Waals surface area contributed by atoms with Crippen LogP contribution in [0.4, 0.5) is 5.82 Å². The molecule has 0 bridgehead atoms. The van der Waals surface area contributed by atoms with Gasteiger partial charge < -0.3 is 4.90 Å². The van der Waals surface area contributed by atoms with Crippen LogP contribution in [0.15, 0.2) is 0 Å². The molecule has 3 nitrogen and oxygen atoms in total. The highest BCUT2D eigenvalue weighted by Crippen LogP contribution is 2.29. The molecule has 0 N–H and O–H groups in total. The van der Waals surface area contributed by atoms with E-state index in [9.17, 15) is 0 Å². The Morgan fingerprint density at radius 1 is 1.39 bits per heavy atom. The number of hydrogen-bond donors (Lipinski definition) is 0. The summed E-state index contributed by atoms with van der Waals surface area (Å²) < 4.78 is 0. The van der Waals surface area contributed by atoms with Gasteiger partial charge in [0.05, 0.1) is 0 Å². The number of halogens is 1. The van der Waals surface area contributed by atoms with E-state index in [0.717, 1.165) is 36.7 Å². The van der Waals surface area contributed by atoms with Crippen LogP contribution >= 0.6 is 23.4 Å². The summed E-state index contributed by atoms with van der Waals surface area (Å²) in [7, 11) is 0. The number of nitrogens with zero attached hydrogens (tertiary/aromatic N) is 3. The topological polar surface area (TPSA) is 29.0 Å². The number of aryl methyl sites for hydroxylation is 1. The zero-order valence-corrected chi connectivity index (χ0v) is 12.8. The molecule has 0 aliphatic carbocycles. The van der Waals surface area contributed by atoms with Gasteiger partial charge in [0.1, 0.15) is 16.8 Å². The lowest BCUT2D eigenvalue weighted by atomic mass is 10.2. The number of aromatic nitrogens is 2. The lowest BCUT2D eigenvalue weighted by Gasteiger charge is -2.33. The Morgan fingerprint density at radius 3 is 2.83 bits per heavy atom. The van der Waals surface area contributed by atoms with Crippen LogP contribution in [-0.2, 0) is 6.42 Å². The predicted octanol–water partition coefficient (Wildman–Crippen LogP) is 3.33. The van der Waals surface area contributed by atoms with E-state index in [1.54, 1.807) is 0 Å². The average molecular weight is 286 g/mol. The van der Waals surface area contributed by atoms with Gasteiger partial charge in [-0.2, -0.15) is 11.8 Å². The zero-order valence-electron chi connectivity index (χ0n) is 11.2. The van der Waals surface area contributed by atoms with Crippen molar-refractivity contribution >= 4 is 29.2 Å². The van der Waals surface area contributed by atoms with Gasteiger partial charge in [0.25, 0.3) is 0 Å². The molecule has 0 amide bonds. The molecule has 5 heteroatoms. The monoisotopic (exact) mass is 285 g/mol. The molecule has 2 rings (SSSR count). The SMILES string of the molecule is CCc1nc(Cl)c(C)c(N2CCSC(CC)C2)n1. The van der Waals surface area contributed by atoms with Crippen LogP contribution in [0, 0.1) is 6.92 Å². The van der Waals surface area contributed by atoms with E-state index in [0.29, 0.717) is 10.4 Å². The second kappa shape index (κ2) is 6.11. The summed E-state index contributed by atoms with van der Waals surface area (Å²) in [6.45, 7) is 8.45. The highest BCUT2D eigenvalue weighted by molar-refractivity contribution is 8.00. The fraction of sp³-hybridized carbons (Fsp3) is 0.692. The van der Waals surface area contributed by atoms with Gasteiger partial charge >= 0.3 is 0 Å². The van der Waals surface area contributed by atoms with Crippen molar-refractivity contribution in [2.24, 2.45) is 0 Å². The molecule has 2 heterocycles. The molecule has 1 atom stereocenters. The van der Waals surface area contributed by atoms with Gasteiger partial charge in [-0.15, -0.1) is 0 Å². The summed E-state index contributed by atoms with van der Waals surface area (Å²) in [6.07, 6.45) is 2.03. The third-order valence-electron chi connectivity index (χ3n) is 3.32. The van der Waals surface area contributed by atoms with Gasteiger partial charge in [-0.1, -0.05) is 25.4 Å². The Kier molecular flexibility index (Phi) is 4.73. The normalized spacial score (nSPS) is 20.2. The van der Waals surface area contributed by atoms with Crippen molar-refractivity contribution in [3.05, 3.63) is 16.5 Å². The standard InChI is InChI=1S/C13H20ClN3S/c1-4-10-8-17(6-7-18-10)13-9(3)12(14)15-11(5-2)16-13/h10H,4-8H2,1-3H3. The second-order valence-electron chi connectivity index (χ2n) is 4.58. The van der Waals surface area contributed by atoms with Crippen LogP contribution < -0.4 is 4.90 Å². The van der Waals surface area contributed by atoms with Crippen LogP contribution in [0.1, 0.15) is 31.7 Å². The quantitative estimate of drug-likeness (QED) is 0.797. The van der Waals surface area contributed by atoms with Crippen molar-refractivity contribution in [2.75, 3.05) is 23.7 Å². The Bertz CT molecular complexity index is 425. The summed E-state index contributed by atoms with van der Waals surface area (Å²) in [5.74, 6) is 3.04. The molecule has 0 spiro atoms. The van der Waals surface area contributed by atoms with Crippen molar-refractivity contribution in [2.45, 2.75) is 38.9 Å². The Balaban J connectivity index is 2.28. The van der Waals surface area contributed by atoms with Gasteiger partial charge in [0.15, 0.2) is 0 Å².